The predicted molar refractivity (Wildman–Crippen MR) is 113 cm³/mol. The van der Waals surface area contributed by atoms with Crippen LogP contribution < -0.4 is 9.64 Å². The van der Waals surface area contributed by atoms with Crippen LogP contribution in [0.25, 0.3) is 0 Å². The van der Waals surface area contributed by atoms with Gasteiger partial charge in [-0.1, -0.05) is 46.3 Å². The molecule has 3 aromatic carbocycles. The van der Waals surface area contributed by atoms with Crippen LogP contribution in [0.3, 0.4) is 0 Å². The Balaban J connectivity index is 1.62. The molecule has 2 atom stereocenters. The Labute approximate surface area is 177 Å². The summed E-state index contributed by atoms with van der Waals surface area (Å²) in [6.45, 7) is 0. The highest BCUT2D eigenvalue weighted by atomic mass is 79.9. The zero-order valence-corrected chi connectivity index (χ0v) is 17.2. The lowest BCUT2D eigenvalue weighted by molar-refractivity contribution is -0.137. The third-order valence-corrected chi connectivity index (χ3v) is 5.38. The van der Waals surface area contributed by atoms with Crippen LogP contribution in [0.2, 0.25) is 0 Å². The van der Waals surface area contributed by atoms with Crippen LogP contribution in [-0.2, 0) is 9.53 Å². The van der Waals surface area contributed by atoms with E-state index in [0.717, 1.165) is 15.7 Å². The third kappa shape index (κ3) is 3.76. The Hall–Kier alpha value is -3.12. The van der Waals surface area contributed by atoms with Gasteiger partial charge in [0, 0.05) is 10.2 Å². The molecule has 6 heteroatoms. The van der Waals surface area contributed by atoms with E-state index in [2.05, 4.69) is 15.9 Å². The maximum Gasteiger partial charge on any atom is 0.339 e. The van der Waals surface area contributed by atoms with Crippen molar-refractivity contribution < 1.29 is 19.1 Å². The number of ether oxygens (including phenoxy) is 2. The van der Waals surface area contributed by atoms with Crippen LogP contribution in [0, 0.1) is 0 Å². The molecule has 4 rings (SSSR count). The van der Waals surface area contributed by atoms with Gasteiger partial charge in [-0.2, -0.15) is 0 Å². The number of β-lactam (4-membered cyclic amide) rings is 1. The standard InChI is InChI=1S/C23H18BrNO4/c1-28-19-13-11-18(12-14-19)25-20(15-5-3-2-4-6-15)21(22(25)26)29-23(27)16-7-9-17(24)10-8-16/h2-14,20-21H,1H3/t20-,21-/m1/s1. The SMILES string of the molecule is COc1ccc(N2C(=O)[C@H](OC(=O)c3ccc(Br)cc3)[C@H]2c2ccccc2)cc1. The van der Waals surface area contributed by atoms with E-state index in [1.807, 2.05) is 42.5 Å². The molecule has 1 heterocycles. The van der Waals surface area contributed by atoms with Crippen molar-refractivity contribution in [2.24, 2.45) is 0 Å². The minimum absolute atomic E-state index is 0.255. The van der Waals surface area contributed by atoms with Gasteiger partial charge in [-0.25, -0.2) is 4.79 Å². The second-order valence-corrected chi connectivity index (χ2v) is 7.51. The zero-order valence-electron chi connectivity index (χ0n) is 15.6. The number of carbonyl (C=O) groups excluding carboxylic acids is 2. The van der Waals surface area contributed by atoms with Gasteiger partial charge in [-0.05, 0) is 54.1 Å². The quantitative estimate of drug-likeness (QED) is 0.414. The molecule has 0 bridgehead atoms. The highest BCUT2D eigenvalue weighted by Crippen LogP contribution is 2.41. The van der Waals surface area contributed by atoms with Gasteiger partial charge in [0.25, 0.3) is 5.91 Å². The summed E-state index contributed by atoms with van der Waals surface area (Å²) in [7, 11) is 1.59. The molecule has 0 unspecified atom stereocenters. The molecule has 1 aliphatic rings. The van der Waals surface area contributed by atoms with E-state index in [1.54, 1.807) is 48.4 Å². The van der Waals surface area contributed by atoms with Gasteiger partial charge in [0.2, 0.25) is 6.10 Å². The number of benzene rings is 3. The summed E-state index contributed by atoms with van der Waals surface area (Å²) < 4.78 is 11.7. The third-order valence-electron chi connectivity index (χ3n) is 4.85. The first-order valence-electron chi connectivity index (χ1n) is 9.07. The van der Waals surface area contributed by atoms with Gasteiger partial charge in [0.05, 0.1) is 12.7 Å². The maximum atomic E-state index is 12.9. The number of esters is 1. The number of anilines is 1. The fourth-order valence-corrected chi connectivity index (χ4v) is 3.62. The Kier molecular flexibility index (Phi) is 5.36. The molecule has 0 aromatic heterocycles. The normalized spacial score (nSPS) is 18.1. The maximum absolute atomic E-state index is 12.9. The highest BCUT2D eigenvalue weighted by Gasteiger charge is 2.51. The van der Waals surface area contributed by atoms with Crippen molar-refractivity contribution in [3.05, 3.63) is 94.5 Å². The topological polar surface area (TPSA) is 55.8 Å². The van der Waals surface area contributed by atoms with E-state index < -0.39 is 18.1 Å². The average molecular weight is 452 g/mol. The molecule has 0 N–H and O–H groups in total. The second kappa shape index (κ2) is 8.09. The monoisotopic (exact) mass is 451 g/mol. The molecule has 1 fully saturated rings. The van der Waals surface area contributed by atoms with Crippen LogP contribution in [0.4, 0.5) is 5.69 Å². The number of methoxy groups -OCH3 is 1. The molecular weight excluding hydrogens is 434 g/mol. The van der Waals surface area contributed by atoms with Crippen molar-refractivity contribution in [3.63, 3.8) is 0 Å². The number of hydrogen-bond donors (Lipinski definition) is 0. The van der Waals surface area contributed by atoms with Gasteiger partial charge in [0.15, 0.2) is 0 Å². The van der Waals surface area contributed by atoms with Gasteiger partial charge in [-0.15, -0.1) is 0 Å². The molecule has 1 saturated heterocycles. The predicted octanol–water partition coefficient (Wildman–Crippen LogP) is 4.77. The van der Waals surface area contributed by atoms with E-state index in [4.69, 9.17) is 9.47 Å². The fourth-order valence-electron chi connectivity index (χ4n) is 3.35. The van der Waals surface area contributed by atoms with Gasteiger partial charge < -0.3 is 9.47 Å². The van der Waals surface area contributed by atoms with Crippen LogP contribution in [0.15, 0.2) is 83.3 Å². The van der Waals surface area contributed by atoms with Crippen LogP contribution in [-0.4, -0.2) is 25.1 Å². The van der Waals surface area contributed by atoms with Crippen molar-refractivity contribution in [1.82, 2.24) is 0 Å². The zero-order chi connectivity index (χ0) is 20.4. The molecule has 0 spiro atoms. The Morgan fingerprint density at radius 3 is 2.21 bits per heavy atom. The molecule has 5 nitrogen and oxygen atoms in total. The second-order valence-electron chi connectivity index (χ2n) is 6.59. The minimum Gasteiger partial charge on any atom is -0.497 e. The van der Waals surface area contributed by atoms with Gasteiger partial charge in [-0.3, -0.25) is 9.69 Å². The smallest absolute Gasteiger partial charge is 0.339 e. The molecule has 1 amide bonds. The molecule has 1 aliphatic heterocycles. The summed E-state index contributed by atoms with van der Waals surface area (Å²) in [5, 5.41) is 0. The van der Waals surface area contributed by atoms with Crippen molar-refractivity contribution in [3.8, 4) is 5.75 Å². The molecule has 0 aliphatic carbocycles. The number of amides is 1. The summed E-state index contributed by atoms with van der Waals surface area (Å²) in [4.78, 5) is 27.2. The highest BCUT2D eigenvalue weighted by molar-refractivity contribution is 9.10. The lowest BCUT2D eigenvalue weighted by Gasteiger charge is -2.46. The lowest BCUT2D eigenvalue weighted by atomic mass is 9.89. The molecule has 146 valence electrons. The molecule has 0 radical (unpaired) electrons. The fraction of sp³-hybridized carbons (Fsp3) is 0.130. The van der Waals surface area contributed by atoms with Crippen LogP contribution in [0.1, 0.15) is 22.0 Å². The summed E-state index contributed by atoms with van der Waals surface area (Å²) in [6.07, 6.45) is -0.879. The van der Waals surface area contributed by atoms with Crippen molar-refractivity contribution in [2.75, 3.05) is 12.0 Å². The Morgan fingerprint density at radius 2 is 1.59 bits per heavy atom. The van der Waals surface area contributed by atoms with E-state index in [0.29, 0.717) is 11.3 Å². The van der Waals surface area contributed by atoms with E-state index in [9.17, 15) is 9.59 Å². The van der Waals surface area contributed by atoms with Crippen molar-refractivity contribution in [2.45, 2.75) is 12.1 Å². The number of halogens is 1. The van der Waals surface area contributed by atoms with Crippen molar-refractivity contribution in [1.29, 1.82) is 0 Å². The summed E-state index contributed by atoms with van der Waals surface area (Å²) in [6, 6.07) is 23.2. The lowest BCUT2D eigenvalue weighted by Crippen LogP contribution is -2.60. The number of rotatable bonds is 5. The number of hydrogen-bond acceptors (Lipinski definition) is 4. The first-order chi connectivity index (χ1) is 14.1. The van der Waals surface area contributed by atoms with Crippen LogP contribution in [0.5, 0.6) is 5.75 Å². The molecule has 3 aromatic rings. The first kappa shape index (κ1) is 19.2. The van der Waals surface area contributed by atoms with Gasteiger partial charge >= 0.3 is 5.97 Å². The average Bonchev–Trinajstić information content (AvgIpc) is 2.76. The summed E-state index contributed by atoms with van der Waals surface area (Å²) in [5.74, 6) is -0.0724. The minimum atomic E-state index is -0.879. The molecule has 0 saturated carbocycles. The summed E-state index contributed by atoms with van der Waals surface area (Å²) >= 11 is 3.34. The van der Waals surface area contributed by atoms with E-state index in [-0.39, 0.29) is 5.91 Å². The Morgan fingerprint density at radius 1 is 0.931 bits per heavy atom. The van der Waals surface area contributed by atoms with Crippen LogP contribution >= 0.6 is 15.9 Å². The number of nitrogens with zero attached hydrogens (tertiary/aromatic N) is 1. The van der Waals surface area contributed by atoms with E-state index in [1.165, 1.54) is 0 Å². The Bertz CT molecular complexity index is 1020. The number of carbonyl (C=O) groups is 2. The van der Waals surface area contributed by atoms with E-state index >= 15 is 0 Å². The largest absolute Gasteiger partial charge is 0.497 e. The molecular formula is C23H18BrNO4. The first-order valence-corrected chi connectivity index (χ1v) is 9.86. The van der Waals surface area contributed by atoms with Crippen molar-refractivity contribution >= 4 is 33.5 Å². The molecule has 29 heavy (non-hydrogen) atoms. The van der Waals surface area contributed by atoms with Gasteiger partial charge in [0.1, 0.15) is 11.8 Å². The summed E-state index contributed by atoms with van der Waals surface area (Å²) in [5.41, 5.74) is 2.02.